The van der Waals surface area contributed by atoms with Crippen LogP contribution >= 0.6 is 0 Å². The van der Waals surface area contributed by atoms with Crippen LogP contribution in [0.2, 0.25) is 0 Å². The smallest absolute Gasteiger partial charge is 0.173 e. The molecule has 4 rings (SSSR count). The second kappa shape index (κ2) is 8.95. The van der Waals surface area contributed by atoms with Gasteiger partial charge in [0.25, 0.3) is 0 Å². The molecule has 1 unspecified atom stereocenters. The third-order valence-electron chi connectivity index (χ3n) is 5.45. The van der Waals surface area contributed by atoms with Gasteiger partial charge >= 0.3 is 0 Å². The lowest BCUT2D eigenvalue weighted by Crippen LogP contribution is -2.40. The van der Waals surface area contributed by atoms with Gasteiger partial charge in [0.15, 0.2) is 5.82 Å². The third-order valence-corrected chi connectivity index (χ3v) is 5.45. The van der Waals surface area contributed by atoms with Crippen LogP contribution in [0.25, 0.3) is 0 Å². The van der Waals surface area contributed by atoms with Crippen molar-refractivity contribution in [2.24, 2.45) is 0 Å². The van der Waals surface area contributed by atoms with E-state index in [1.54, 1.807) is 6.07 Å². The summed E-state index contributed by atoms with van der Waals surface area (Å²) >= 11 is 0. The Morgan fingerprint density at radius 3 is 2.66 bits per heavy atom. The number of aliphatic hydroxyl groups is 1. The minimum Gasteiger partial charge on any atom is -0.393 e. The lowest BCUT2D eigenvalue weighted by Gasteiger charge is -2.35. The van der Waals surface area contributed by atoms with E-state index in [0.717, 1.165) is 43.7 Å². The van der Waals surface area contributed by atoms with E-state index in [9.17, 15) is 10.4 Å². The predicted molar refractivity (Wildman–Crippen MR) is 108 cm³/mol. The van der Waals surface area contributed by atoms with Crippen molar-refractivity contribution in [1.82, 2.24) is 25.1 Å². The Kier molecular flexibility index (Phi) is 5.94. The maximum absolute atomic E-state index is 9.94. The van der Waals surface area contributed by atoms with E-state index < -0.39 is 0 Å². The molecular formula is C22H24N6O. The number of aliphatic hydroxyl groups excluding tert-OH is 1. The van der Waals surface area contributed by atoms with E-state index in [-0.39, 0.29) is 12.1 Å². The van der Waals surface area contributed by atoms with Crippen LogP contribution in [0.1, 0.15) is 41.4 Å². The highest BCUT2D eigenvalue weighted by molar-refractivity contribution is 5.36. The average molecular weight is 388 g/mol. The molecular weight excluding hydrogens is 364 g/mol. The van der Waals surface area contributed by atoms with E-state index in [4.69, 9.17) is 0 Å². The molecule has 0 aliphatic carbocycles. The molecule has 0 saturated carbocycles. The van der Waals surface area contributed by atoms with Crippen LogP contribution in [0, 0.1) is 11.3 Å². The summed E-state index contributed by atoms with van der Waals surface area (Å²) in [4.78, 5) is 2.30. The van der Waals surface area contributed by atoms with Gasteiger partial charge in [-0.1, -0.05) is 42.5 Å². The molecule has 2 heterocycles. The zero-order chi connectivity index (χ0) is 20.1. The topological polar surface area (TPSA) is 90.9 Å². The third kappa shape index (κ3) is 4.50. The van der Waals surface area contributed by atoms with Gasteiger partial charge in [-0.2, -0.15) is 5.26 Å². The first kappa shape index (κ1) is 19.2. The lowest BCUT2D eigenvalue weighted by molar-refractivity contribution is 0.0661. The van der Waals surface area contributed by atoms with Crippen molar-refractivity contribution in [3.05, 3.63) is 77.1 Å². The molecule has 1 fully saturated rings. The number of rotatable bonds is 6. The molecule has 7 nitrogen and oxygen atoms in total. The monoisotopic (exact) mass is 388 g/mol. The van der Waals surface area contributed by atoms with E-state index in [2.05, 4.69) is 38.6 Å². The highest BCUT2D eigenvalue weighted by atomic mass is 16.3. The molecule has 0 bridgehead atoms. The maximum atomic E-state index is 9.94. The molecule has 0 radical (unpaired) electrons. The molecule has 1 aliphatic rings. The van der Waals surface area contributed by atoms with Crippen molar-refractivity contribution in [2.75, 3.05) is 13.1 Å². The first-order valence-electron chi connectivity index (χ1n) is 9.97. The number of benzene rings is 2. The molecule has 3 aromatic rings. The Balaban J connectivity index is 1.64. The van der Waals surface area contributed by atoms with Crippen LogP contribution in [0.3, 0.4) is 0 Å². The van der Waals surface area contributed by atoms with Crippen LogP contribution < -0.4 is 0 Å². The van der Waals surface area contributed by atoms with Gasteiger partial charge in [-0.25, -0.2) is 4.68 Å². The number of aryl methyl sites for hydroxylation is 2. The van der Waals surface area contributed by atoms with Crippen molar-refractivity contribution in [2.45, 2.75) is 38.0 Å². The van der Waals surface area contributed by atoms with Crippen molar-refractivity contribution >= 4 is 0 Å². The summed E-state index contributed by atoms with van der Waals surface area (Å²) in [5.74, 6) is 0.771. The summed E-state index contributed by atoms with van der Waals surface area (Å²) in [6, 6.07) is 20.0. The number of piperidine rings is 1. The summed E-state index contributed by atoms with van der Waals surface area (Å²) in [5.41, 5.74) is 2.85. The van der Waals surface area contributed by atoms with Crippen LogP contribution in [0.5, 0.6) is 0 Å². The molecule has 148 valence electrons. The molecule has 7 heteroatoms. The Labute approximate surface area is 170 Å². The summed E-state index contributed by atoms with van der Waals surface area (Å²) in [6.07, 6.45) is 2.02. The van der Waals surface area contributed by atoms with Gasteiger partial charge in [0.05, 0.1) is 23.8 Å². The first-order valence-corrected chi connectivity index (χ1v) is 9.97. The van der Waals surface area contributed by atoms with E-state index in [1.165, 1.54) is 5.56 Å². The molecule has 1 aromatic heterocycles. The van der Waals surface area contributed by atoms with Gasteiger partial charge in [0, 0.05) is 19.6 Å². The van der Waals surface area contributed by atoms with Crippen molar-refractivity contribution in [1.29, 1.82) is 5.26 Å². The van der Waals surface area contributed by atoms with E-state index in [0.29, 0.717) is 12.1 Å². The van der Waals surface area contributed by atoms with Gasteiger partial charge in [0.2, 0.25) is 0 Å². The first-order chi connectivity index (χ1) is 14.2. The largest absolute Gasteiger partial charge is 0.393 e. The van der Waals surface area contributed by atoms with Crippen LogP contribution in [-0.4, -0.2) is 49.4 Å². The van der Waals surface area contributed by atoms with Crippen LogP contribution in [0.4, 0.5) is 0 Å². The second-order valence-corrected chi connectivity index (χ2v) is 7.40. The van der Waals surface area contributed by atoms with Gasteiger partial charge in [-0.05, 0) is 52.9 Å². The molecule has 2 aromatic carbocycles. The predicted octanol–water partition coefficient (Wildman–Crippen LogP) is 2.33. The Morgan fingerprint density at radius 2 is 1.90 bits per heavy atom. The quantitative estimate of drug-likeness (QED) is 0.697. The molecule has 0 amide bonds. The Morgan fingerprint density at radius 1 is 1.10 bits per heavy atom. The molecule has 0 spiro atoms. The summed E-state index contributed by atoms with van der Waals surface area (Å²) < 4.78 is 1.86. The lowest BCUT2D eigenvalue weighted by atomic mass is 9.98. The SMILES string of the molecule is N#Cc1cccc(C(c2nnnn2CCc2ccccc2)N2CCC(O)CC2)c1. The fourth-order valence-corrected chi connectivity index (χ4v) is 3.89. The van der Waals surface area contributed by atoms with E-state index >= 15 is 0 Å². The maximum Gasteiger partial charge on any atom is 0.173 e. The number of nitrogens with zero attached hydrogens (tertiary/aromatic N) is 6. The van der Waals surface area contributed by atoms with Crippen LogP contribution in [-0.2, 0) is 13.0 Å². The standard InChI is InChI=1S/C22H24N6O/c23-16-18-7-4-8-19(15-18)21(27-12-10-20(29)11-13-27)22-24-25-26-28(22)14-9-17-5-2-1-3-6-17/h1-8,15,20-21,29H,9-14H2. The number of hydrogen-bond acceptors (Lipinski definition) is 6. The van der Waals surface area contributed by atoms with E-state index in [1.807, 2.05) is 41.1 Å². The Hall–Kier alpha value is -3.08. The van der Waals surface area contributed by atoms with Gasteiger partial charge in [-0.3, -0.25) is 4.90 Å². The minimum absolute atomic E-state index is 0.151. The number of tetrazole rings is 1. The molecule has 1 atom stereocenters. The molecule has 29 heavy (non-hydrogen) atoms. The zero-order valence-corrected chi connectivity index (χ0v) is 16.2. The number of likely N-dealkylation sites (tertiary alicyclic amines) is 1. The highest BCUT2D eigenvalue weighted by Gasteiger charge is 2.30. The summed E-state index contributed by atoms with van der Waals surface area (Å²) in [6.45, 7) is 2.19. The molecule has 1 N–H and O–H groups in total. The second-order valence-electron chi connectivity index (χ2n) is 7.40. The van der Waals surface area contributed by atoms with Gasteiger partial charge in [-0.15, -0.1) is 5.10 Å². The van der Waals surface area contributed by atoms with Crippen molar-refractivity contribution in [3.8, 4) is 6.07 Å². The normalized spacial score (nSPS) is 16.4. The number of nitriles is 1. The van der Waals surface area contributed by atoms with Crippen LogP contribution in [0.15, 0.2) is 54.6 Å². The van der Waals surface area contributed by atoms with Crippen molar-refractivity contribution < 1.29 is 5.11 Å². The summed E-state index contributed by atoms with van der Waals surface area (Å²) in [7, 11) is 0. The minimum atomic E-state index is -0.258. The Bertz CT molecular complexity index is 972. The van der Waals surface area contributed by atoms with Crippen molar-refractivity contribution in [3.63, 3.8) is 0 Å². The zero-order valence-electron chi connectivity index (χ0n) is 16.2. The fraction of sp³-hybridized carbons (Fsp3) is 0.364. The number of aromatic nitrogens is 4. The highest BCUT2D eigenvalue weighted by Crippen LogP contribution is 2.30. The average Bonchev–Trinajstić information content (AvgIpc) is 3.23. The fourth-order valence-electron chi connectivity index (χ4n) is 3.89. The summed E-state index contributed by atoms with van der Waals surface area (Å²) in [5, 5.41) is 31.9. The number of hydrogen-bond donors (Lipinski definition) is 1. The molecule has 1 aliphatic heterocycles. The van der Waals surface area contributed by atoms with Gasteiger partial charge in [0.1, 0.15) is 0 Å². The molecule has 1 saturated heterocycles. The van der Waals surface area contributed by atoms with Gasteiger partial charge < -0.3 is 5.11 Å².